The van der Waals surface area contributed by atoms with E-state index < -0.39 is 9.84 Å². The molecule has 3 nitrogen and oxygen atoms in total. The van der Waals surface area contributed by atoms with E-state index in [1.807, 2.05) is 0 Å². The Labute approximate surface area is 121 Å². The molecule has 92 valence electrons. The van der Waals surface area contributed by atoms with Crippen molar-refractivity contribution >= 4 is 48.4 Å². The molecule has 3 rings (SSSR count). The first kappa shape index (κ1) is 12.4. The summed E-state index contributed by atoms with van der Waals surface area (Å²) >= 11 is 6.07. The molecule has 0 radical (unpaired) electrons. The largest absolute Gasteiger partial charge is 0.218 e. The summed E-state index contributed by atoms with van der Waals surface area (Å²) in [5, 5.41) is 9.01. The van der Waals surface area contributed by atoms with Crippen LogP contribution >= 0.6 is 38.6 Å². The van der Waals surface area contributed by atoms with Crippen LogP contribution in [0.15, 0.2) is 13.6 Å². The molecule has 0 N–H and O–H groups in total. The van der Waals surface area contributed by atoms with Crippen molar-refractivity contribution in [1.82, 2.24) is 0 Å². The minimum atomic E-state index is -3.45. The topological polar surface area (TPSA) is 57.9 Å². The second-order valence-electron chi connectivity index (χ2n) is 3.99. The van der Waals surface area contributed by atoms with Gasteiger partial charge in [-0.2, -0.15) is 5.26 Å². The molecule has 0 aliphatic carbocycles. The fourth-order valence-electron chi connectivity index (χ4n) is 2.13. The summed E-state index contributed by atoms with van der Waals surface area (Å²) in [6.07, 6.45) is 0. The number of fused-ring (bicyclic) bond motifs is 3. The molecule has 3 heterocycles. The lowest BCUT2D eigenvalue weighted by Gasteiger charge is -1.99. The Hall–Kier alpha value is -0.680. The highest BCUT2D eigenvalue weighted by atomic mass is 79.9. The second kappa shape index (κ2) is 3.67. The Morgan fingerprint density at radius 3 is 2.28 bits per heavy atom. The maximum absolute atomic E-state index is 12.5. The van der Waals surface area contributed by atoms with Crippen LogP contribution in [0.1, 0.15) is 16.0 Å². The van der Waals surface area contributed by atoms with Crippen molar-refractivity contribution in [3.8, 4) is 15.8 Å². The molecule has 0 saturated carbocycles. The predicted molar refractivity (Wildman–Crippen MR) is 75.0 cm³/mol. The number of hydrogen-bond donors (Lipinski definition) is 0. The summed E-state index contributed by atoms with van der Waals surface area (Å²) in [7, 11) is -3.45. The van der Waals surface area contributed by atoms with E-state index in [1.54, 1.807) is 13.8 Å². The van der Waals surface area contributed by atoms with Gasteiger partial charge in [-0.1, -0.05) is 0 Å². The lowest BCUT2D eigenvalue weighted by Crippen LogP contribution is -1.99. The third-order valence-electron chi connectivity index (χ3n) is 2.97. The number of rotatable bonds is 0. The molecule has 1 aliphatic heterocycles. The van der Waals surface area contributed by atoms with Gasteiger partial charge in [0.1, 0.15) is 10.9 Å². The van der Waals surface area contributed by atoms with Crippen molar-refractivity contribution < 1.29 is 8.42 Å². The van der Waals surface area contributed by atoms with Gasteiger partial charge in [0.15, 0.2) is 0 Å². The molecular formula is C11H6BrNO2S3. The predicted octanol–water partition coefficient (Wildman–Crippen LogP) is 3.87. The zero-order valence-corrected chi connectivity index (χ0v) is 13.4. The van der Waals surface area contributed by atoms with E-state index in [9.17, 15) is 8.42 Å². The van der Waals surface area contributed by atoms with Gasteiger partial charge in [0.05, 0.1) is 23.3 Å². The van der Waals surface area contributed by atoms with E-state index in [0.29, 0.717) is 20.2 Å². The van der Waals surface area contributed by atoms with Gasteiger partial charge in [0, 0.05) is 0 Å². The minimum absolute atomic E-state index is 0.334. The monoisotopic (exact) mass is 359 g/mol. The number of nitrogens with zero attached hydrogens (tertiary/aromatic N) is 1. The van der Waals surface area contributed by atoms with Crippen LogP contribution in [0.25, 0.3) is 9.75 Å². The van der Waals surface area contributed by atoms with Crippen molar-refractivity contribution in [3.63, 3.8) is 0 Å². The van der Waals surface area contributed by atoms with Crippen LogP contribution in [0.3, 0.4) is 0 Å². The third kappa shape index (κ3) is 1.29. The van der Waals surface area contributed by atoms with Gasteiger partial charge in [0.2, 0.25) is 9.84 Å². The molecule has 0 unspecified atom stereocenters. The number of thiophene rings is 2. The van der Waals surface area contributed by atoms with Crippen LogP contribution in [0.4, 0.5) is 0 Å². The summed E-state index contributed by atoms with van der Waals surface area (Å²) in [5.41, 5.74) is 1.34. The van der Waals surface area contributed by atoms with Crippen molar-refractivity contribution in [1.29, 1.82) is 5.26 Å². The van der Waals surface area contributed by atoms with E-state index in [1.165, 1.54) is 22.7 Å². The van der Waals surface area contributed by atoms with Crippen molar-refractivity contribution in [2.75, 3.05) is 0 Å². The summed E-state index contributed by atoms with van der Waals surface area (Å²) in [6.45, 7) is 3.50. The van der Waals surface area contributed by atoms with Crippen LogP contribution in [0.5, 0.6) is 0 Å². The summed E-state index contributed by atoms with van der Waals surface area (Å²) in [5.74, 6) is 0. The van der Waals surface area contributed by atoms with Crippen LogP contribution in [0, 0.1) is 25.2 Å². The van der Waals surface area contributed by atoms with E-state index in [4.69, 9.17) is 5.26 Å². The molecule has 0 amide bonds. The van der Waals surface area contributed by atoms with Crippen molar-refractivity contribution in [2.24, 2.45) is 0 Å². The van der Waals surface area contributed by atoms with Crippen LogP contribution < -0.4 is 0 Å². The van der Waals surface area contributed by atoms with E-state index in [0.717, 1.165) is 19.1 Å². The zero-order valence-electron chi connectivity index (χ0n) is 9.37. The fourth-order valence-corrected chi connectivity index (χ4v) is 8.08. The van der Waals surface area contributed by atoms with Gasteiger partial charge < -0.3 is 0 Å². The molecule has 0 saturated heterocycles. The maximum Gasteiger partial charge on any atom is 0.210 e. The Bertz CT molecular complexity index is 837. The quantitative estimate of drug-likeness (QED) is 0.611. The number of halogens is 1. The average Bonchev–Trinajstić information content (AvgIpc) is 2.84. The number of sulfone groups is 1. The standard InChI is InChI=1S/C11H6BrNO2S3/c1-4-6(3-13)16-7-8-10(5(2)11(12)17-8)18(14,15)9(4)7/h1-2H3. The lowest BCUT2D eigenvalue weighted by atomic mass is 10.2. The van der Waals surface area contributed by atoms with Crippen molar-refractivity contribution in [2.45, 2.75) is 23.6 Å². The van der Waals surface area contributed by atoms with E-state index >= 15 is 0 Å². The summed E-state index contributed by atoms with van der Waals surface area (Å²) in [6, 6.07) is 2.06. The SMILES string of the molecule is Cc1c(Br)sc2c1S(=O)(=O)c1c-2sc(C#N)c1C. The Kier molecular flexibility index (Phi) is 2.52. The van der Waals surface area contributed by atoms with Gasteiger partial charge in [-0.25, -0.2) is 8.42 Å². The summed E-state index contributed by atoms with van der Waals surface area (Å²) in [4.78, 5) is 2.72. The van der Waals surface area contributed by atoms with Gasteiger partial charge in [0.25, 0.3) is 0 Å². The normalized spacial score (nSPS) is 15.2. The molecule has 0 bridgehead atoms. The Morgan fingerprint density at radius 1 is 1.11 bits per heavy atom. The highest BCUT2D eigenvalue weighted by molar-refractivity contribution is 9.11. The van der Waals surface area contributed by atoms with E-state index in [-0.39, 0.29) is 0 Å². The number of hydrogen-bond acceptors (Lipinski definition) is 5. The minimum Gasteiger partial charge on any atom is -0.218 e. The molecule has 1 aliphatic rings. The molecule has 2 aromatic rings. The number of nitriles is 1. The molecule has 2 aromatic heterocycles. The molecule has 0 fully saturated rings. The second-order valence-corrected chi connectivity index (χ2v) is 9.17. The zero-order chi connectivity index (χ0) is 13.2. The maximum atomic E-state index is 12.5. The third-order valence-corrected chi connectivity index (χ3v) is 8.85. The van der Waals surface area contributed by atoms with Gasteiger partial charge in [-0.05, 0) is 40.9 Å². The molecular weight excluding hydrogens is 354 g/mol. The van der Waals surface area contributed by atoms with E-state index in [2.05, 4.69) is 22.0 Å². The average molecular weight is 360 g/mol. The highest BCUT2D eigenvalue weighted by Crippen LogP contribution is 2.55. The summed E-state index contributed by atoms with van der Waals surface area (Å²) < 4.78 is 25.9. The first-order chi connectivity index (χ1) is 8.39. The smallest absolute Gasteiger partial charge is 0.210 e. The molecule has 0 atom stereocenters. The first-order valence-electron chi connectivity index (χ1n) is 4.97. The van der Waals surface area contributed by atoms with Crippen LogP contribution in [-0.2, 0) is 9.84 Å². The first-order valence-corrected chi connectivity index (χ1v) is 8.88. The highest BCUT2D eigenvalue weighted by Gasteiger charge is 2.41. The molecule has 0 spiro atoms. The van der Waals surface area contributed by atoms with Gasteiger partial charge in [-0.15, -0.1) is 22.7 Å². The van der Waals surface area contributed by atoms with Crippen LogP contribution in [0.2, 0.25) is 0 Å². The molecule has 0 aromatic carbocycles. The Morgan fingerprint density at radius 2 is 1.67 bits per heavy atom. The fraction of sp³-hybridized carbons (Fsp3) is 0.182. The Balaban J connectivity index is 2.52. The van der Waals surface area contributed by atoms with Crippen molar-refractivity contribution in [3.05, 3.63) is 19.8 Å². The van der Waals surface area contributed by atoms with Gasteiger partial charge >= 0.3 is 0 Å². The molecule has 7 heteroatoms. The molecule has 18 heavy (non-hydrogen) atoms. The van der Waals surface area contributed by atoms with Gasteiger partial charge in [-0.3, -0.25) is 0 Å². The van der Waals surface area contributed by atoms with Crippen LogP contribution in [-0.4, -0.2) is 8.42 Å². The lowest BCUT2D eigenvalue weighted by molar-refractivity contribution is 0.598.